The molecule has 15 heavy (non-hydrogen) atoms. The van der Waals surface area contributed by atoms with Gasteiger partial charge in [-0.05, 0) is 5.92 Å². The van der Waals surface area contributed by atoms with Crippen LogP contribution in [0.5, 0.6) is 0 Å². The molecule has 0 aliphatic carbocycles. The van der Waals surface area contributed by atoms with E-state index in [1.54, 1.807) is 7.05 Å². The van der Waals surface area contributed by atoms with Crippen molar-refractivity contribution in [3.63, 3.8) is 0 Å². The van der Waals surface area contributed by atoms with E-state index in [9.17, 15) is 10.1 Å². The zero-order chi connectivity index (χ0) is 11.4. The molecule has 0 fully saturated rings. The molecule has 0 bridgehead atoms. The molecule has 84 valence electrons. The van der Waals surface area contributed by atoms with E-state index >= 15 is 0 Å². The highest BCUT2D eigenvalue weighted by Crippen LogP contribution is 2.21. The van der Waals surface area contributed by atoms with Gasteiger partial charge in [-0.15, -0.1) is 5.10 Å². The maximum Gasteiger partial charge on any atom is 0.330 e. The van der Waals surface area contributed by atoms with Gasteiger partial charge in [0.25, 0.3) is 0 Å². The Balaban J connectivity index is 2.71. The molecule has 0 radical (unpaired) electrons. The molecule has 2 N–H and O–H groups in total. The van der Waals surface area contributed by atoms with E-state index in [0.29, 0.717) is 6.54 Å². The second-order valence-corrected chi connectivity index (χ2v) is 3.46. The van der Waals surface area contributed by atoms with Crippen molar-refractivity contribution in [3.8, 4) is 0 Å². The predicted octanol–water partition coefficient (Wildman–Crippen LogP) is 0.369. The number of nitro groups is 1. The molecule has 0 aliphatic rings. The summed E-state index contributed by atoms with van der Waals surface area (Å²) in [4.78, 5) is 10.1. The molecular formula is C8H14N4O3. The van der Waals surface area contributed by atoms with Crippen molar-refractivity contribution in [1.82, 2.24) is 9.78 Å². The van der Waals surface area contributed by atoms with E-state index in [-0.39, 0.29) is 24.0 Å². The van der Waals surface area contributed by atoms with Gasteiger partial charge in [-0.2, -0.15) is 0 Å². The van der Waals surface area contributed by atoms with Crippen LogP contribution in [0.25, 0.3) is 0 Å². The van der Waals surface area contributed by atoms with E-state index in [0.717, 1.165) is 0 Å². The van der Waals surface area contributed by atoms with Crippen molar-refractivity contribution in [2.24, 2.45) is 13.0 Å². The van der Waals surface area contributed by atoms with Crippen LogP contribution in [0, 0.1) is 16.0 Å². The molecule has 1 aromatic rings. The Hall–Kier alpha value is -1.63. The van der Waals surface area contributed by atoms with Crippen LogP contribution in [0.3, 0.4) is 0 Å². The van der Waals surface area contributed by atoms with Gasteiger partial charge in [0.05, 0.1) is 4.92 Å². The highest BCUT2D eigenvalue weighted by Gasteiger charge is 2.18. The highest BCUT2D eigenvalue weighted by molar-refractivity contribution is 5.54. The van der Waals surface area contributed by atoms with E-state index in [1.165, 1.54) is 10.9 Å². The summed E-state index contributed by atoms with van der Waals surface area (Å²) in [6.45, 7) is 2.32. The second kappa shape index (κ2) is 4.74. The Kier molecular flexibility index (Phi) is 3.62. The van der Waals surface area contributed by atoms with Crippen molar-refractivity contribution in [1.29, 1.82) is 0 Å². The Labute approximate surface area is 86.9 Å². The molecule has 0 saturated carbocycles. The second-order valence-electron chi connectivity index (χ2n) is 3.46. The molecule has 7 heteroatoms. The Morgan fingerprint density at radius 3 is 3.00 bits per heavy atom. The molecule has 1 rings (SSSR count). The van der Waals surface area contributed by atoms with Crippen LogP contribution in [0.15, 0.2) is 6.20 Å². The molecule has 0 saturated heterocycles. The third-order valence-electron chi connectivity index (χ3n) is 1.94. The van der Waals surface area contributed by atoms with Crippen LogP contribution >= 0.6 is 0 Å². The standard InChI is InChI=1S/C8H14N4O3/c1-6(5-13)3-9-8-7(12(14)15)4-11(2)10-8/h4,6,13H,3,5H2,1-2H3,(H,9,10). The Morgan fingerprint density at radius 2 is 2.47 bits per heavy atom. The van der Waals surface area contributed by atoms with Crippen LogP contribution in [-0.2, 0) is 7.05 Å². The summed E-state index contributed by atoms with van der Waals surface area (Å²) in [5, 5.41) is 26.2. The molecule has 0 amide bonds. The number of hydrogen-bond donors (Lipinski definition) is 2. The summed E-state index contributed by atoms with van der Waals surface area (Å²) in [6.07, 6.45) is 1.34. The molecule has 0 aliphatic heterocycles. The van der Waals surface area contributed by atoms with E-state index in [2.05, 4.69) is 10.4 Å². The maximum atomic E-state index is 10.6. The van der Waals surface area contributed by atoms with Crippen LogP contribution in [0.2, 0.25) is 0 Å². The van der Waals surface area contributed by atoms with Gasteiger partial charge in [0.15, 0.2) is 0 Å². The normalized spacial score (nSPS) is 12.5. The van der Waals surface area contributed by atoms with Crippen LogP contribution in [0.1, 0.15) is 6.92 Å². The first-order chi connectivity index (χ1) is 7.04. The average molecular weight is 214 g/mol. The summed E-state index contributed by atoms with van der Waals surface area (Å²) in [6, 6.07) is 0. The molecular weight excluding hydrogens is 200 g/mol. The van der Waals surface area contributed by atoms with Gasteiger partial charge >= 0.3 is 5.69 Å². The summed E-state index contributed by atoms with van der Waals surface area (Å²) >= 11 is 0. The smallest absolute Gasteiger partial charge is 0.330 e. The minimum Gasteiger partial charge on any atom is -0.396 e. The van der Waals surface area contributed by atoms with Crippen molar-refractivity contribution < 1.29 is 10.0 Å². The number of hydrogen-bond acceptors (Lipinski definition) is 5. The lowest BCUT2D eigenvalue weighted by atomic mass is 10.2. The lowest BCUT2D eigenvalue weighted by molar-refractivity contribution is -0.384. The molecule has 0 spiro atoms. The first-order valence-electron chi connectivity index (χ1n) is 4.57. The summed E-state index contributed by atoms with van der Waals surface area (Å²) in [5.41, 5.74) is -0.0531. The fraction of sp³-hybridized carbons (Fsp3) is 0.625. The van der Waals surface area contributed by atoms with Gasteiger partial charge in [-0.1, -0.05) is 6.92 Å². The fourth-order valence-corrected chi connectivity index (χ4v) is 1.07. The first-order valence-corrected chi connectivity index (χ1v) is 4.57. The average Bonchev–Trinajstić information content (AvgIpc) is 2.56. The predicted molar refractivity (Wildman–Crippen MR) is 54.6 cm³/mol. The lowest BCUT2D eigenvalue weighted by Gasteiger charge is -2.07. The highest BCUT2D eigenvalue weighted by atomic mass is 16.6. The molecule has 1 heterocycles. The quantitative estimate of drug-likeness (QED) is 0.545. The van der Waals surface area contributed by atoms with Crippen molar-refractivity contribution >= 4 is 11.5 Å². The van der Waals surface area contributed by atoms with Crippen LogP contribution in [-0.4, -0.2) is 33.0 Å². The zero-order valence-corrected chi connectivity index (χ0v) is 8.67. The van der Waals surface area contributed by atoms with Gasteiger partial charge in [-0.3, -0.25) is 14.8 Å². The lowest BCUT2D eigenvalue weighted by Crippen LogP contribution is -2.15. The van der Waals surface area contributed by atoms with Crippen LogP contribution in [0.4, 0.5) is 11.5 Å². The van der Waals surface area contributed by atoms with Gasteiger partial charge in [0, 0.05) is 20.2 Å². The number of anilines is 1. The SMILES string of the molecule is CC(CO)CNc1nn(C)cc1[N+](=O)[O-]. The number of rotatable bonds is 5. The van der Waals surface area contributed by atoms with E-state index in [4.69, 9.17) is 5.11 Å². The molecule has 7 nitrogen and oxygen atoms in total. The van der Waals surface area contributed by atoms with Gasteiger partial charge in [0.1, 0.15) is 6.20 Å². The van der Waals surface area contributed by atoms with Gasteiger partial charge < -0.3 is 10.4 Å². The largest absolute Gasteiger partial charge is 0.396 e. The summed E-state index contributed by atoms with van der Waals surface area (Å²) in [5.74, 6) is 0.273. The molecule has 1 aromatic heterocycles. The number of aryl methyl sites for hydroxylation is 1. The minimum atomic E-state index is -0.487. The molecule has 1 unspecified atom stereocenters. The summed E-state index contributed by atoms with van der Waals surface area (Å²) < 4.78 is 1.38. The number of nitrogens with zero attached hydrogens (tertiary/aromatic N) is 3. The number of aliphatic hydroxyl groups is 1. The topological polar surface area (TPSA) is 93.2 Å². The van der Waals surface area contributed by atoms with Crippen molar-refractivity contribution in [2.75, 3.05) is 18.5 Å². The number of aromatic nitrogens is 2. The van der Waals surface area contributed by atoms with Crippen molar-refractivity contribution in [3.05, 3.63) is 16.3 Å². The zero-order valence-electron chi connectivity index (χ0n) is 8.67. The third kappa shape index (κ3) is 2.91. The first kappa shape index (κ1) is 11.4. The van der Waals surface area contributed by atoms with Crippen LogP contribution < -0.4 is 5.32 Å². The number of aliphatic hydroxyl groups excluding tert-OH is 1. The Morgan fingerprint density at radius 1 is 1.80 bits per heavy atom. The monoisotopic (exact) mass is 214 g/mol. The van der Waals surface area contributed by atoms with E-state index < -0.39 is 4.92 Å². The number of nitrogens with one attached hydrogen (secondary N) is 1. The Bertz CT molecular complexity index is 350. The minimum absolute atomic E-state index is 0.0339. The van der Waals surface area contributed by atoms with Gasteiger partial charge in [0.2, 0.25) is 5.82 Å². The van der Waals surface area contributed by atoms with Gasteiger partial charge in [-0.25, -0.2) is 0 Å². The molecule has 1 atom stereocenters. The summed E-state index contributed by atoms with van der Waals surface area (Å²) in [7, 11) is 1.62. The third-order valence-corrected chi connectivity index (χ3v) is 1.94. The van der Waals surface area contributed by atoms with Crippen molar-refractivity contribution in [2.45, 2.75) is 6.92 Å². The fourth-order valence-electron chi connectivity index (χ4n) is 1.07. The van der Waals surface area contributed by atoms with E-state index in [1.807, 2.05) is 6.92 Å². The maximum absolute atomic E-state index is 10.6. The molecule has 0 aromatic carbocycles.